The van der Waals surface area contributed by atoms with Crippen molar-refractivity contribution in [3.8, 4) is 0 Å². The second-order valence-corrected chi connectivity index (χ2v) is 4.76. The molecule has 2 heteroatoms. The van der Waals surface area contributed by atoms with Crippen molar-refractivity contribution < 1.29 is 9.90 Å². The molecular formula is C15H20O2. The lowest BCUT2D eigenvalue weighted by molar-refractivity contribution is 0.0744. The van der Waals surface area contributed by atoms with E-state index < -0.39 is 6.10 Å². The van der Waals surface area contributed by atoms with Crippen molar-refractivity contribution in [2.24, 2.45) is 5.92 Å². The van der Waals surface area contributed by atoms with E-state index >= 15 is 0 Å². The molecule has 0 amide bonds. The number of aryl methyl sites for hydroxylation is 1. The fourth-order valence-electron chi connectivity index (χ4n) is 1.49. The number of Topliss-reactive ketones (excluding diaryl/α,β-unsaturated/α-hetero) is 1. The molecule has 0 aliphatic rings. The molecule has 1 rings (SSSR count). The highest BCUT2D eigenvalue weighted by atomic mass is 16.3. The molecule has 1 N–H and O–H groups in total. The zero-order valence-corrected chi connectivity index (χ0v) is 10.7. The Hall–Kier alpha value is -1.41. The molecule has 1 aromatic rings. The van der Waals surface area contributed by atoms with E-state index in [4.69, 9.17) is 0 Å². The van der Waals surface area contributed by atoms with E-state index in [0.29, 0.717) is 12.0 Å². The third kappa shape index (κ3) is 3.82. The Balaban J connectivity index is 2.70. The minimum atomic E-state index is -0.979. The van der Waals surface area contributed by atoms with E-state index in [-0.39, 0.29) is 11.7 Å². The predicted molar refractivity (Wildman–Crippen MR) is 70.1 cm³/mol. The summed E-state index contributed by atoms with van der Waals surface area (Å²) < 4.78 is 0. The van der Waals surface area contributed by atoms with E-state index in [1.807, 2.05) is 32.9 Å². The van der Waals surface area contributed by atoms with Gasteiger partial charge in [-0.1, -0.05) is 55.8 Å². The third-order valence-electron chi connectivity index (χ3n) is 2.91. The van der Waals surface area contributed by atoms with Gasteiger partial charge in [0.2, 0.25) is 0 Å². The quantitative estimate of drug-likeness (QED) is 0.625. The molecule has 0 bridgehead atoms. The summed E-state index contributed by atoms with van der Waals surface area (Å²) in [5.41, 5.74) is 2.56. The van der Waals surface area contributed by atoms with Gasteiger partial charge in [0, 0.05) is 12.0 Å². The van der Waals surface area contributed by atoms with Gasteiger partial charge in [0.1, 0.15) is 6.10 Å². The SMILES string of the molecule is C=C(C[C@H](O)C(=O)c1ccc(C)cc1)C(C)C. The summed E-state index contributed by atoms with van der Waals surface area (Å²) in [6.45, 7) is 9.85. The highest BCUT2D eigenvalue weighted by Gasteiger charge is 2.18. The summed E-state index contributed by atoms with van der Waals surface area (Å²) in [6.07, 6.45) is -0.641. The van der Waals surface area contributed by atoms with Gasteiger partial charge in [-0.3, -0.25) is 4.79 Å². The van der Waals surface area contributed by atoms with Crippen LogP contribution in [0.2, 0.25) is 0 Å². The molecule has 0 fully saturated rings. The molecule has 0 saturated heterocycles. The van der Waals surface area contributed by atoms with Gasteiger partial charge in [-0.25, -0.2) is 0 Å². The van der Waals surface area contributed by atoms with Crippen molar-refractivity contribution in [2.45, 2.75) is 33.3 Å². The van der Waals surface area contributed by atoms with Crippen LogP contribution in [0.4, 0.5) is 0 Å². The molecule has 2 nitrogen and oxygen atoms in total. The van der Waals surface area contributed by atoms with Gasteiger partial charge in [0.05, 0.1) is 0 Å². The Bertz CT molecular complexity index is 401. The number of aliphatic hydroxyl groups excluding tert-OH is 1. The first kappa shape index (κ1) is 13.7. The molecule has 0 radical (unpaired) electrons. The van der Waals surface area contributed by atoms with Gasteiger partial charge < -0.3 is 5.11 Å². The van der Waals surface area contributed by atoms with Gasteiger partial charge in [-0.05, 0) is 12.8 Å². The molecule has 0 unspecified atom stereocenters. The molecule has 0 saturated carbocycles. The maximum atomic E-state index is 11.9. The van der Waals surface area contributed by atoms with Crippen LogP contribution in [0.1, 0.15) is 36.2 Å². The zero-order valence-electron chi connectivity index (χ0n) is 10.7. The van der Waals surface area contributed by atoms with Gasteiger partial charge in [0.25, 0.3) is 0 Å². The Morgan fingerprint density at radius 1 is 1.29 bits per heavy atom. The minimum absolute atomic E-state index is 0.230. The minimum Gasteiger partial charge on any atom is -0.385 e. The molecule has 92 valence electrons. The van der Waals surface area contributed by atoms with Crippen molar-refractivity contribution in [3.05, 3.63) is 47.5 Å². The number of hydrogen-bond donors (Lipinski definition) is 1. The molecule has 0 heterocycles. The van der Waals surface area contributed by atoms with E-state index in [0.717, 1.165) is 11.1 Å². The van der Waals surface area contributed by atoms with Gasteiger partial charge in [-0.15, -0.1) is 0 Å². The Labute approximate surface area is 103 Å². The van der Waals surface area contributed by atoms with Crippen LogP contribution in [-0.2, 0) is 0 Å². The molecule has 0 aromatic heterocycles. The van der Waals surface area contributed by atoms with Gasteiger partial charge >= 0.3 is 0 Å². The molecule has 0 aliphatic carbocycles. The van der Waals surface area contributed by atoms with Crippen LogP contribution < -0.4 is 0 Å². The van der Waals surface area contributed by atoms with Crippen LogP contribution in [0.15, 0.2) is 36.4 Å². The standard InChI is InChI=1S/C15H20O2/c1-10(2)12(4)9-14(16)15(17)13-7-5-11(3)6-8-13/h5-8,10,14,16H,4,9H2,1-3H3/t14-/m0/s1. The number of benzene rings is 1. The van der Waals surface area contributed by atoms with Crippen molar-refractivity contribution >= 4 is 5.78 Å². The van der Waals surface area contributed by atoms with Crippen molar-refractivity contribution in [3.63, 3.8) is 0 Å². The van der Waals surface area contributed by atoms with Crippen LogP contribution in [0, 0.1) is 12.8 Å². The summed E-state index contributed by atoms with van der Waals surface area (Å²) in [4.78, 5) is 11.9. The number of carbonyl (C=O) groups excluding carboxylic acids is 1. The molecular weight excluding hydrogens is 212 g/mol. The average molecular weight is 232 g/mol. The summed E-state index contributed by atoms with van der Waals surface area (Å²) >= 11 is 0. The number of hydrogen-bond acceptors (Lipinski definition) is 2. The fourth-order valence-corrected chi connectivity index (χ4v) is 1.49. The van der Waals surface area contributed by atoms with Gasteiger partial charge in [0.15, 0.2) is 5.78 Å². The van der Waals surface area contributed by atoms with Crippen LogP contribution in [0.3, 0.4) is 0 Å². The Morgan fingerprint density at radius 2 is 1.82 bits per heavy atom. The second kappa shape index (κ2) is 5.78. The van der Waals surface area contributed by atoms with Crippen LogP contribution in [0.5, 0.6) is 0 Å². The maximum absolute atomic E-state index is 11.9. The highest BCUT2D eigenvalue weighted by Crippen LogP contribution is 2.16. The lowest BCUT2D eigenvalue weighted by Gasteiger charge is -2.14. The normalized spacial score (nSPS) is 12.5. The second-order valence-electron chi connectivity index (χ2n) is 4.76. The Kier molecular flexibility index (Phi) is 4.64. The van der Waals surface area contributed by atoms with Crippen molar-refractivity contribution in [1.82, 2.24) is 0 Å². The molecule has 17 heavy (non-hydrogen) atoms. The predicted octanol–water partition coefficient (Wildman–Crippen LogP) is 3.14. The summed E-state index contributed by atoms with van der Waals surface area (Å²) in [5.74, 6) is 0.0577. The highest BCUT2D eigenvalue weighted by molar-refractivity contribution is 5.99. The first-order chi connectivity index (χ1) is 7.91. The number of carbonyl (C=O) groups is 1. The number of ketones is 1. The van der Waals surface area contributed by atoms with Crippen LogP contribution in [0.25, 0.3) is 0 Å². The first-order valence-electron chi connectivity index (χ1n) is 5.88. The van der Waals surface area contributed by atoms with E-state index in [2.05, 4.69) is 6.58 Å². The fraction of sp³-hybridized carbons (Fsp3) is 0.400. The van der Waals surface area contributed by atoms with E-state index in [1.54, 1.807) is 12.1 Å². The molecule has 1 atom stereocenters. The van der Waals surface area contributed by atoms with E-state index in [1.165, 1.54) is 0 Å². The van der Waals surface area contributed by atoms with Crippen LogP contribution >= 0.6 is 0 Å². The van der Waals surface area contributed by atoms with Gasteiger partial charge in [-0.2, -0.15) is 0 Å². The zero-order chi connectivity index (χ0) is 13.0. The number of aliphatic hydroxyl groups is 1. The smallest absolute Gasteiger partial charge is 0.191 e. The number of rotatable bonds is 5. The van der Waals surface area contributed by atoms with Crippen LogP contribution in [-0.4, -0.2) is 17.0 Å². The largest absolute Gasteiger partial charge is 0.385 e. The summed E-state index contributed by atoms with van der Waals surface area (Å²) in [7, 11) is 0. The topological polar surface area (TPSA) is 37.3 Å². The first-order valence-corrected chi connectivity index (χ1v) is 5.88. The summed E-state index contributed by atoms with van der Waals surface area (Å²) in [5, 5.41) is 9.85. The lowest BCUT2D eigenvalue weighted by atomic mass is 9.95. The molecule has 0 aliphatic heterocycles. The summed E-state index contributed by atoms with van der Waals surface area (Å²) in [6, 6.07) is 7.24. The van der Waals surface area contributed by atoms with Crippen molar-refractivity contribution in [2.75, 3.05) is 0 Å². The molecule has 0 spiro atoms. The lowest BCUT2D eigenvalue weighted by Crippen LogP contribution is -2.21. The third-order valence-corrected chi connectivity index (χ3v) is 2.91. The average Bonchev–Trinajstić information content (AvgIpc) is 2.28. The Morgan fingerprint density at radius 3 is 2.29 bits per heavy atom. The maximum Gasteiger partial charge on any atom is 0.191 e. The van der Waals surface area contributed by atoms with Crippen molar-refractivity contribution in [1.29, 1.82) is 0 Å². The van der Waals surface area contributed by atoms with E-state index in [9.17, 15) is 9.90 Å². The monoisotopic (exact) mass is 232 g/mol. The molecule has 1 aromatic carbocycles.